The summed E-state index contributed by atoms with van der Waals surface area (Å²) in [5.41, 5.74) is 2.38. The first-order valence-corrected chi connectivity index (χ1v) is 6.55. The molecule has 2 aromatic rings. The van der Waals surface area contributed by atoms with E-state index in [2.05, 4.69) is 4.90 Å². The van der Waals surface area contributed by atoms with Crippen molar-refractivity contribution in [3.8, 4) is 0 Å². The van der Waals surface area contributed by atoms with Crippen LogP contribution in [0.5, 0.6) is 0 Å². The van der Waals surface area contributed by atoms with Crippen LogP contribution in [0.4, 0.5) is 10.1 Å². The standard InChI is InChI=1S/C15H17BFNO2/c1-2-18(15-8-6-14(17)7-9-15)11-12-4-3-5-13(10-12)16(19)20/h3-10,19-20H,2,11H2,1H3. The van der Waals surface area contributed by atoms with Crippen molar-refractivity contribution in [1.82, 2.24) is 0 Å². The van der Waals surface area contributed by atoms with Crippen LogP contribution in [0.15, 0.2) is 48.5 Å². The Balaban J connectivity index is 2.17. The van der Waals surface area contributed by atoms with Crippen molar-refractivity contribution >= 4 is 18.3 Å². The van der Waals surface area contributed by atoms with Crippen molar-refractivity contribution in [3.63, 3.8) is 0 Å². The number of halogens is 1. The minimum atomic E-state index is -1.46. The second-order valence-electron chi connectivity index (χ2n) is 4.61. The maximum atomic E-state index is 12.9. The summed E-state index contributed by atoms with van der Waals surface area (Å²) in [7, 11) is -1.46. The largest absolute Gasteiger partial charge is 0.488 e. The van der Waals surface area contributed by atoms with E-state index < -0.39 is 7.12 Å². The highest BCUT2D eigenvalue weighted by atomic mass is 19.1. The summed E-state index contributed by atoms with van der Waals surface area (Å²) in [4.78, 5) is 2.09. The molecular formula is C15H17BFNO2. The van der Waals surface area contributed by atoms with E-state index in [1.54, 1.807) is 30.3 Å². The van der Waals surface area contributed by atoms with Gasteiger partial charge in [-0.2, -0.15) is 0 Å². The molecule has 0 aliphatic heterocycles. The number of benzene rings is 2. The topological polar surface area (TPSA) is 43.7 Å². The van der Waals surface area contributed by atoms with E-state index >= 15 is 0 Å². The highest BCUT2D eigenvalue weighted by molar-refractivity contribution is 6.58. The van der Waals surface area contributed by atoms with E-state index in [-0.39, 0.29) is 5.82 Å². The van der Waals surface area contributed by atoms with E-state index in [0.29, 0.717) is 12.0 Å². The lowest BCUT2D eigenvalue weighted by atomic mass is 9.79. The van der Waals surface area contributed by atoms with Crippen molar-refractivity contribution in [2.75, 3.05) is 11.4 Å². The van der Waals surface area contributed by atoms with Gasteiger partial charge in [0.1, 0.15) is 5.82 Å². The van der Waals surface area contributed by atoms with Crippen molar-refractivity contribution in [2.45, 2.75) is 13.5 Å². The van der Waals surface area contributed by atoms with Crippen LogP contribution in [0, 0.1) is 5.82 Å². The Morgan fingerprint density at radius 1 is 1.10 bits per heavy atom. The van der Waals surface area contributed by atoms with Gasteiger partial charge in [0.05, 0.1) is 0 Å². The van der Waals surface area contributed by atoms with E-state index in [1.807, 2.05) is 13.0 Å². The highest BCUT2D eigenvalue weighted by Gasteiger charge is 2.12. The lowest BCUT2D eigenvalue weighted by Gasteiger charge is -2.23. The molecule has 0 aromatic heterocycles. The molecule has 0 spiro atoms. The fraction of sp³-hybridized carbons (Fsp3) is 0.200. The van der Waals surface area contributed by atoms with Gasteiger partial charge in [-0.25, -0.2) is 4.39 Å². The second-order valence-corrected chi connectivity index (χ2v) is 4.61. The summed E-state index contributed by atoms with van der Waals surface area (Å²) in [5, 5.41) is 18.4. The van der Waals surface area contributed by atoms with Crippen LogP contribution >= 0.6 is 0 Å². The molecule has 104 valence electrons. The summed E-state index contributed by atoms with van der Waals surface area (Å²) >= 11 is 0. The van der Waals surface area contributed by atoms with Gasteiger partial charge in [-0.1, -0.05) is 24.3 Å². The molecular weight excluding hydrogens is 256 g/mol. The molecule has 0 saturated carbocycles. The molecule has 0 aliphatic carbocycles. The fourth-order valence-electron chi connectivity index (χ4n) is 2.11. The predicted molar refractivity (Wildman–Crippen MR) is 79.4 cm³/mol. The maximum Gasteiger partial charge on any atom is 0.488 e. The first kappa shape index (κ1) is 14.6. The molecule has 0 unspecified atom stereocenters. The van der Waals surface area contributed by atoms with Crippen LogP contribution in [-0.2, 0) is 6.54 Å². The van der Waals surface area contributed by atoms with Crippen LogP contribution in [0.3, 0.4) is 0 Å². The third kappa shape index (κ3) is 3.59. The average molecular weight is 273 g/mol. The molecule has 20 heavy (non-hydrogen) atoms. The summed E-state index contributed by atoms with van der Waals surface area (Å²) in [6, 6.07) is 13.5. The van der Waals surface area contributed by atoms with Gasteiger partial charge in [-0.3, -0.25) is 0 Å². The molecule has 2 N–H and O–H groups in total. The minimum Gasteiger partial charge on any atom is -0.423 e. The number of nitrogens with zero attached hydrogens (tertiary/aromatic N) is 1. The van der Waals surface area contributed by atoms with E-state index in [1.165, 1.54) is 12.1 Å². The van der Waals surface area contributed by atoms with Gasteiger partial charge in [0.15, 0.2) is 0 Å². The number of rotatable bonds is 5. The van der Waals surface area contributed by atoms with Crippen LogP contribution in [0.25, 0.3) is 0 Å². The Morgan fingerprint density at radius 2 is 1.80 bits per heavy atom. The number of hydrogen-bond donors (Lipinski definition) is 2. The molecule has 5 heteroatoms. The zero-order chi connectivity index (χ0) is 14.5. The Kier molecular flexibility index (Phi) is 4.77. The molecule has 0 amide bonds. The van der Waals surface area contributed by atoms with Gasteiger partial charge in [0, 0.05) is 18.8 Å². The zero-order valence-corrected chi connectivity index (χ0v) is 11.3. The van der Waals surface area contributed by atoms with Crippen LogP contribution in [-0.4, -0.2) is 23.7 Å². The second kappa shape index (κ2) is 6.54. The summed E-state index contributed by atoms with van der Waals surface area (Å²) in [5.74, 6) is -0.254. The lowest BCUT2D eigenvalue weighted by molar-refractivity contribution is 0.425. The first-order valence-electron chi connectivity index (χ1n) is 6.55. The quantitative estimate of drug-likeness (QED) is 0.812. The highest BCUT2D eigenvalue weighted by Crippen LogP contribution is 2.17. The van der Waals surface area contributed by atoms with Crippen molar-refractivity contribution in [3.05, 3.63) is 59.9 Å². The van der Waals surface area contributed by atoms with E-state index in [9.17, 15) is 14.4 Å². The molecule has 0 radical (unpaired) electrons. The van der Waals surface area contributed by atoms with Crippen LogP contribution in [0.1, 0.15) is 12.5 Å². The first-order chi connectivity index (χ1) is 9.60. The summed E-state index contributed by atoms with van der Waals surface area (Å²) in [6.07, 6.45) is 0. The van der Waals surface area contributed by atoms with Crippen molar-refractivity contribution in [1.29, 1.82) is 0 Å². The molecule has 2 rings (SSSR count). The molecule has 3 nitrogen and oxygen atoms in total. The smallest absolute Gasteiger partial charge is 0.423 e. The Hall–Kier alpha value is -1.85. The Morgan fingerprint density at radius 3 is 2.40 bits per heavy atom. The fourth-order valence-corrected chi connectivity index (χ4v) is 2.11. The van der Waals surface area contributed by atoms with Gasteiger partial charge in [0.2, 0.25) is 0 Å². The minimum absolute atomic E-state index is 0.254. The molecule has 2 aromatic carbocycles. The average Bonchev–Trinajstić information content (AvgIpc) is 2.46. The van der Waals surface area contributed by atoms with Gasteiger partial charge in [-0.05, 0) is 42.2 Å². The van der Waals surface area contributed by atoms with Crippen molar-refractivity contribution in [2.24, 2.45) is 0 Å². The molecule has 0 heterocycles. The normalized spacial score (nSPS) is 10.4. The SMILES string of the molecule is CCN(Cc1cccc(B(O)O)c1)c1ccc(F)cc1. The van der Waals surface area contributed by atoms with Gasteiger partial charge in [-0.15, -0.1) is 0 Å². The van der Waals surface area contributed by atoms with E-state index in [0.717, 1.165) is 17.8 Å². The third-order valence-electron chi connectivity index (χ3n) is 3.20. The summed E-state index contributed by atoms with van der Waals surface area (Å²) < 4.78 is 12.9. The lowest BCUT2D eigenvalue weighted by Crippen LogP contribution is -2.30. The van der Waals surface area contributed by atoms with Crippen molar-refractivity contribution < 1.29 is 14.4 Å². The van der Waals surface area contributed by atoms with Gasteiger partial charge in [0.25, 0.3) is 0 Å². The van der Waals surface area contributed by atoms with Crippen LogP contribution < -0.4 is 10.4 Å². The monoisotopic (exact) mass is 273 g/mol. The Labute approximate surface area is 118 Å². The van der Waals surface area contributed by atoms with Gasteiger partial charge < -0.3 is 14.9 Å². The summed E-state index contributed by atoms with van der Waals surface area (Å²) in [6.45, 7) is 3.42. The maximum absolute atomic E-state index is 12.9. The third-order valence-corrected chi connectivity index (χ3v) is 3.20. The molecule has 0 saturated heterocycles. The molecule has 0 aliphatic rings. The molecule has 0 fully saturated rings. The molecule has 0 bridgehead atoms. The molecule has 0 atom stereocenters. The van der Waals surface area contributed by atoms with E-state index in [4.69, 9.17) is 0 Å². The number of hydrogen-bond acceptors (Lipinski definition) is 3. The predicted octanol–water partition coefficient (Wildman–Crippen LogP) is 1.53. The van der Waals surface area contributed by atoms with Gasteiger partial charge >= 0.3 is 7.12 Å². The number of anilines is 1. The zero-order valence-electron chi connectivity index (χ0n) is 11.3. The van der Waals surface area contributed by atoms with Crippen LogP contribution in [0.2, 0.25) is 0 Å². The Bertz CT molecular complexity index is 560.